The molecule has 1 heterocycles. The number of aliphatic hydroxyl groups excluding tert-OH is 1. The molecular weight excluding hydrogens is 156 g/mol. The zero-order valence-electron chi connectivity index (χ0n) is 7.66. The predicted molar refractivity (Wildman–Crippen MR) is 46.0 cm³/mol. The average molecular weight is 174 g/mol. The standard InChI is InChI=1S/C9H18O3/c1-8(10)6-12-7-9-2-4-11-5-3-9/h8-10H,2-7H2,1H3/t8-/m0/s1. The van der Waals surface area contributed by atoms with Crippen LogP contribution >= 0.6 is 0 Å². The zero-order valence-corrected chi connectivity index (χ0v) is 7.66. The van der Waals surface area contributed by atoms with Crippen molar-refractivity contribution in [2.75, 3.05) is 26.4 Å². The molecule has 0 aromatic carbocycles. The van der Waals surface area contributed by atoms with Crippen LogP contribution in [0.2, 0.25) is 0 Å². The summed E-state index contributed by atoms with van der Waals surface area (Å²) in [6, 6.07) is 0. The number of hydrogen-bond donors (Lipinski definition) is 1. The minimum Gasteiger partial charge on any atom is -0.391 e. The topological polar surface area (TPSA) is 38.7 Å². The lowest BCUT2D eigenvalue weighted by Gasteiger charge is -2.21. The van der Waals surface area contributed by atoms with Gasteiger partial charge in [0.25, 0.3) is 0 Å². The highest BCUT2D eigenvalue weighted by atomic mass is 16.5. The first-order valence-corrected chi connectivity index (χ1v) is 4.62. The van der Waals surface area contributed by atoms with E-state index in [9.17, 15) is 0 Å². The lowest BCUT2D eigenvalue weighted by atomic mass is 10.0. The molecule has 0 radical (unpaired) electrons. The minimum atomic E-state index is -0.343. The molecule has 1 aliphatic rings. The Morgan fingerprint density at radius 2 is 2.17 bits per heavy atom. The molecule has 0 saturated carbocycles. The molecule has 0 aromatic rings. The van der Waals surface area contributed by atoms with Gasteiger partial charge in [-0.3, -0.25) is 0 Å². The van der Waals surface area contributed by atoms with Gasteiger partial charge in [0.2, 0.25) is 0 Å². The van der Waals surface area contributed by atoms with E-state index in [1.807, 2.05) is 0 Å². The summed E-state index contributed by atoms with van der Waals surface area (Å²) in [7, 11) is 0. The second kappa shape index (κ2) is 5.51. The van der Waals surface area contributed by atoms with Crippen molar-refractivity contribution in [3.8, 4) is 0 Å². The van der Waals surface area contributed by atoms with E-state index in [-0.39, 0.29) is 6.10 Å². The fourth-order valence-electron chi connectivity index (χ4n) is 1.32. The van der Waals surface area contributed by atoms with E-state index in [1.165, 1.54) is 0 Å². The summed E-state index contributed by atoms with van der Waals surface area (Å²) in [4.78, 5) is 0. The Kier molecular flexibility index (Phi) is 4.58. The monoisotopic (exact) mass is 174 g/mol. The van der Waals surface area contributed by atoms with Crippen LogP contribution in [-0.2, 0) is 9.47 Å². The van der Waals surface area contributed by atoms with Crippen molar-refractivity contribution in [3.63, 3.8) is 0 Å². The van der Waals surface area contributed by atoms with Crippen LogP contribution in [-0.4, -0.2) is 37.6 Å². The summed E-state index contributed by atoms with van der Waals surface area (Å²) in [5.74, 6) is 0.637. The van der Waals surface area contributed by atoms with E-state index >= 15 is 0 Å². The van der Waals surface area contributed by atoms with Gasteiger partial charge in [-0.15, -0.1) is 0 Å². The van der Waals surface area contributed by atoms with Crippen LogP contribution in [0.15, 0.2) is 0 Å². The number of rotatable bonds is 4. The van der Waals surface area contributed by atoms with Gasteiger partial charge in [0.15, 0.2) is 0 Å². The number of aliphatic hydroxyl groups is 1. The van der Waals surface area contributed by atoms with Crippen LogP contribution in [0.5, 0.6) is 0 Å². The molecule has 72 valence electrons. The lowest BCUT2D eigenvalue weighted by molar-refractivity contribution is -0.00466. The Bertz CT molecular complexity index is 108. The summed E-state index contributed by atoms with van der Waals surface area (Å²) in [6.45, 7) is 4.70. The third-order valence-electron chi connectivity index (χ3n) is 2.05. The largest absolute Gasteiger partial charge is 0.391 e. The average Bonchev–Trinajstić information content (AvgIpc) is 2.05. The third kappa shape index (κ3) is 4.04. The first kappa shape index (κ1) is 9.96. The van der Waals surface area contributed by atoms with Crippen molar-refractivity contribution in [1.82, 2.24) is 0 Å². The number of ether oxygens (including phenoxy) is 2. The predicted octanol–water partition coefficient (Wildman–Crippen LogP) is 0.810. The van der Waals surface area contributed by atoms with E-state index in [1.54, 1.807) is 6.92 Å². The molecule has 0 unspecified atom stereocenters. The van der Waals surface area contributed by atoms with Gasteiger partial charge in [-0.2, -0.15) is 0 Å². The Labute approximate surface area is 73.7 Å². The number of hydrogen-bond acceptors (Lipinski definition) is 3. The maximum atomic E-state index is 8.93. The van der Waals surface area contributed by atoms with Crippen LogP contribution in [0.25, 0.3) is 0 Å². The molecule has 3 nitrogen and oxygen atoms in total. The highest BCUT2D eigenvalue weighted by Crippen LogP contribution is 2.14. The van der Waals surface area contributed by atoms with Crippen molar-refractivity contribution in [2.24, 2.45) is 5.92 Å². The SMILES string of the molecule is C[C@H](O)COCC1CCOCC1. The van der Waals surface area contributed by atoms with Crippen LogP contribution in [0.3, 0.4) is 0 Å². The summed E-state index contributed by atoms with van der Waals surface area (Å²) in [6.07, 6.45) is 1.85. The molecule has 12 heavy (non-hydrogen) atoms. The Morgan fingerprint density at radius 1 is 1.50 bits per heavy atom. The van der Waals surface area contributed by atoms with Crippen LogP contribution < -0.4 is 0 Å². The van der Waals surface area contributed by atoms with Gasteiger partial charge in [-0.05, 0) is 25.7 Å². The molecule has 0 spiro atoms. The van der Waals surface area contributed by atoms with E-state index in [2.05, 4.69) is 0 Å². The highest BCUT2D eigenvalue weighted by Gasteiger charge is 2.13. The van der Waals surface area contributed by atoms with Crippen LogP contribution in [0.4, 0.5) is 0 Å². The first-order chi connectivity index (χ1) is 5.79. The van der Waals surface area contributed by atoms with E-state index in [0.29, 0.717) is 12.5 Å². The molecule has 3 heteroatoms. The van der Waals surface area contributed by atoms with Crippen LogP contribution in [0, 0.1) is 5.92 Å². The van der Waals surface area contributed by atoms with E-state index < -0.39 is 0 Å². The third-order valence-corrected chi connectivity index (χ3v) is 2.05. The lowest BCUT2D eigenvalue weighted by Crippen LogP contribution is -2.22. The Morgan fingerprint density at radius 3 is 2.75 bits per heavy atom. The molecule has 1 atom stereocenters. The van der Waals surface area contributed by atoms with Crippen molar-refractivity contribution >= 4 is 0 Å². The fourth-order valence-corrected chi connectivity index (χ4v) is 1.32. The first-order valence-electron chi connectivity index (χ1n) is 4.62. The maximum Gasteiger partial charge on any atom is 0.0745 e. The van der Waals surface area contributed by atoms with E-state index in [0.717, 1.165) is 32.7 Å². The van der Waals surface area contributed by atoms with Gasteiger partial charge in [0, 0.05) is 19.8 Å². The molecule has 0 aliphatic carbocycles. The molecule has 1 saturated heterocycles. The molecular formula is C9H18O3. The normalized spacial score (nSPS) is 22.5. The fraction of sp³-hybridized carbons (Fsp3) is 1.00. The second-order valence-electron chi connectivity index (χ2n) is 3.44. The van der Waals surface area contributed by atoms with Gasteiger partial charge in [-0.1, -0.05) is 0 Å². The zero-order chi connectivity index (χ0) is 8.81. The summed E-state index contributed by atoms with van der Waals surface area (Å²) >= 11 is 0. The van der Waals surface area contributed by atoms with E-state index in [4.69, 9.17) is 14.6 Å². The molecule has 1 fully saturated rings. The van der Waals surface area contributed by atoms with Gasteiger partial charge in [0.05, 0.1) is 12.7 Å². The molecule has 1 aliphatic heterocycles. The van der Waals surface area contributed by atoms with Crippen molar-refractivity contribution < 1.29 is 14.6 Å². The highest BCUT2D eigenvalue weighted by molar-refractivity contribution is 4.62. The van der Waals surface area contributed by atoms with Crippen molar-refractivity contribution in [1.29, 1.82) is 0 Å². The summed E-state index contributed by atoms with van der Waals surface area (Å²) in [5.41, 5.74) is 0. The Hall–Kier alpha value is -0.120. The molecule has 1 N–H and O–H groups in total. The van der Waals surface area contributed by atoms with Crippen LogP contribution in [0.1, 0.15) is 19.8 Å². The molecule has 0 bridgehead atoms. The second-order valence-corrected chi connectivity index (χ2v) is 3.44. The smallest absolute Gasteiger partial charge is 0.0745 e. The maximum absolute atomic E-state index is 8.93. The quantitative estimate of drug-likeness (QED) is 0.685. The Balaban J connectivity index is 1.98. The van der Waals surface area contributed by atoms with Crippen molar-refractivity contribution in [3.05, 3.63) is 0 Å². The van der Waals surface area contributed by atoms with Gasteiger partial charge >= 0.3 is 0 Å². The molecule has 1 rings (SSSR count). The van der Waals surface area contributed by atoms with Gasteiger partial charge in [-0.25, -0.2) is 0 Å². The minimum absolute atomic E-state index is 0.343. The van der Waals surface area contributed by atoms with Gasteiger partial charge in [0.1, 0.15) is 0 Å². The summed E-state index contributed by atoms with van der Waals surface area (Å²) in [5, 5.41) is 8.93. The van der Waals surface area contributed by atoms with Gasteiger partial charge < -0.3 is 14.6 Å². The molecule has 0 aromatic heterocycles. The van der Waals surface area contributed by atoms with Crippen molar-refractivity contribution in [2.45, 2.75) is 25.9 Å². The molecule has 0 amide bonds. The summed E-state index contributed by atoms with van der Waals surface area (Å²) < 4.78 is 10.6.